The van der Waals surface area contributed by atoms with Gasteiger partial charge in [0.25, 0.3) is 0 Å². The van der Waals surface area contributed by atoms with Crippen LogP contribution in [0.4, 0.5) is 4.39 Å². The molecule has 2 aromatic rings. The van der Waals surface area contributed by atoms with E-state index >= 15 is 0 Å². The number of nitrogens with zero attached hydrogens (tertiary/aromatic N) is 5. The fraction of sp³-hybridized carbons (Fsp3) is 0.524. The predicted molar refractivity (Wildman–Crippen MR) is 112 cm³/mol. The van der Waals surface area contributed by atoms with Gasteiger partial charge in [0.1, 0.15) is 11.9 Å². The van der Waals surface area contributed by atoms with Crippen LogP contribution in [0, 0.1) is 5.82 Å². The molecule has 0 saturated carbocycles. The van der Waals surface area contributed by atoms with E-state index in [0.29, 0.717) is 13.2 Å². The minimum absolute atomic E-state index is 0.00227. The molecule has 0 bridgehead atoms. The summed E-state index contributed by atoms with van der Waals surface area (Å²) in [4.78, 5) is 9.27. The monoisotopic (exact) mass is 402 g/mol. The third-order valence-electron chi connectivity index (χ3n) is 4.91. The fourth-order valence-electron chi connectivity index (χ4n) is 3.38. The Morgan fingerprint density at radius 1 is 1.38 bits per heavy atom. The van der Waals surface area contributed by atoms with Crippen LogP contribution < -0.4 is 5.32 Å². The smallest absolute Gasteiger partial charge is 0.194 e. The average Bonchev–Trinajstić information content (AvgIpc) is 3.16. The van der Waals surface area contributed by atoms with E-state index in [4.69, 9.17) is 9.73 Å². The minimum atomic E-state index is -0.202. The van der Waals surface area contributed by atoms with Crippen molar-refractivity contribution in [3.05, 3.63) is 53.6 Å². The fourth-order valence-corrected chi connectivity index (χ4v) is 3.38. The molecule has 0 amide bonds. The van der Waals surface area contributed by atoms with Crippen LogP contribution >= 0.6 is 0 Å². The molecule has 1 aromatic carbocycles. The molecule has 1 unspecified atom stereocenters. The molecule has 1 atom stereocenters. The summed E-state index contributed by atoms with van der Waals surface area (Å²) in [7, 11) is 3.97. The molecule has 29 heavy (non-hydrogen) atoms. The van der Waals surface area contributed by atoms with Crippen LogP contribution in [-0.2, 0) is 18.3 Å². The summed E-state index contributed by atoms with van der Waals surface area (Å²) < 4.78 is 20.8. The maximum Gasteiger partial charge on any atom is 0.194 e. The zero-order valence-electron chi connectivity index (χ0n) is 17.5. The zero-order chi connectivity index (χ0) is 20.6. The predicted octanol–water partition coefficient (Wildman–Crippen LogP) is 2.03. The number of rotatable bonds is 7. The van der Waals surface area contributed by atoms with Crippen molar-refractivity contribution in [1.29, 1.82) is 0 Å². The quantitative estimate of drug-likeness (QED) is 0.567. The lowest BCUT2D eigenvalue weighted by molar-refractivity contribution is -0.00805. The number of hydrogen-bond donors (Lipinski definition) is 1. The summed E-state index contributed by atoms with van der Waals surface area (Å²) >= 11 is 0. The largest absolute Gasteiger partial charge is 0.370 e. The van der Waals surface area contributed by atoms with Crippen LogP contribution in [0.15, 0.2) is 41.7 Å². The lowest BCUT2D eigenvalue weighted by Gasteiger charge is -2.35. The van der Waals surface area contributed by atoms with Crippen molar-refractivity contribution in [2.24, 2.45) is 12.0 Å². The molecule has 158 valence electrons. The number of nitrogens with one attached hydrogen (secondary N) is 1. The molecule has 1 aliphatic heterocycles. The van der Waals surface area contributed by atoms with Gasteiger partial charge in [0, 0.05) is 45.0 Å². The van der Waals surface area contributed by atoms with E-state index in [0.717, 1.165) is 49.8 Å². The standard InChI is InChI=1S/C21H31FN6O/c1-4-23-21(24-9-10-26(2)14-17-5-7-19(22)8-6-17)28-11-12-29-20(16-28)18-13-25-27(3)15-18/h5-8,13,15,20H,4,9-12,14,16H2,1-3H3,(H,23,24). The van der Waals surface area contributed by atoms with E-state index in [2.05, 4.69) is 34.2 Å². The van der Waals surface area contributed by atoms with Gasteiger partial charge in [-0.3, -0.25) is 9.67 Å². The van der Waals surface area contributed by atoms with Crippen molar-refractivity contribution >= 4 is 5.96 Å². The van der Waals surface area contributed by atoms with Gasteiger partial charge >= 0.3 is 0 Å². The Kier molecular flexibility index (Phi) is 7.60. The molecule has 2 heterocycles. The van der Waals surface area contributed by atoms with Gasteiger partial charge in [0.2, 0.25) is 0 Å². The van der Waals surface area contributed by atoms with Crippen LogP contribution in [0.1, 0.15) is 24.2 Å². The SMILES string of the molecule is CCNC(=NCCN(C)Cc1ccc(F)cc1)N1CCOC(c2cnn(C)c2)C1. The second-order valence-electron chi connectivity index (χ2n) is 7.35. The summed E-state index contributed by atoms with van der Waals surface area (Å²) in [6, 6.07) is 6.65. The lowest BCUT2D eigenvalue weighted by Crippen LogP contribution is -2.48. The van der Waals surface area contributed by atoms with Gasteiger partial charge in [-0.2, -0.15) is 5.10 Å². The summed E-state index contributed by atoms with van der Waals surface area (Å²) in [6.07, 6.45) is 3.87. The van der Waals surface area contributed by atoms with E-state index in [1.165, 1.54) is 12.1 Å². The van der Waals surface area contributed by atoms with Gasteiger partial charge in [-0.25, -0.2) is 4.39 Å². The van der Waals surface area contributed by atoms with Gasteiger partial charge < -0.3 is 19.9 Å². The number of morpholine rings is 1. The van der Waals surface area contributed by atoms with Crippen molar-refractivity contribution in [2.45, 2.75) is 19.6 Å². The Morgan fingerprint density at radius 2 is 2.17 bits per heavy atom. The van der Waals surface area contributed by atoms with Crippen molar-refractivity contribution in [2.75, 3.05) is 46.4 Å². The van der Waals surface area contributed by atoms with Crippen LogP contribution in [0.2, 0.25) is 0 Å². The second-order valence-corrected chi connectivity index (χ2v) is 7.35. The maximum absolute atomic E-state index is 13.0. The summed E-state index contributed by atoms with van der Waals surface area (Å²) in [5.74, 6) is 0.714. The summed E-state index contributed by atoms with van der Waals surface area (Å²) in [6.45, 7) is 7.41. The highest BCUT2D eigenvalue weighted by molar-refractivity contribution is 5.80. The first-order valence-electron chi connectivity index (χ1n) is 10.1. The molecular formula is C21H31FN6O. The number of aromatic nitrogens is 2. The molecule has 1 aromatic heterocycles. The van der Waals surface area contributed by atoms with Gasteiger partial charge in [0.15, 0.2) is 5.96 Å². The number of aryl methyl sites for hydroxylation is 1. The number of halogens is 1. The molecule has 1 saturated heterocycles. The topological polar surface area (TPSA) is 57.9 Å². The highest BCUT2D eigenvalue weighted by Crippen LogP contribution is 2.21. The third-order valence-corrected chi connectivity index (χ3v) is 4.91. The van der Waals surface area contributed by atoms with Gasteiger partial charge in [-0.15, -0.1) is 0 Å². The van der Waals surface area contributed by atoms with Gasteiger partial charge in [-0.1, -0.05) is 12.1 Å². The average molecular weight is 403 g/mol. The van der Waals surface area contributed by atoms with Crippen molar-refractivity contribution in [3.8, 4) is 0 Å². The highest BCUT2D eigenvalue weighted by atomic mass is 19.1. The molecule has 0 spiro atoms. The molecule has 0 aliphatic carbocycles. The van der Waals surface area contributed by atoms with Crippen molar-refractivity contribution < 1.29 is 9.13 Å². The number of likely N-dealkylation sites (N-methyl/N-ethyl adjacent to an activating group) is 1. The first-order chi connectivity index (χ1) is 14.0. The number of aliphatic imine (C=N–C) groups is 1. The second kappa shape index (κ2) is 10.4. The molecule has 8 heteroatoms. The molecule has 1 N–H and O–H groups in total. The Bertz CT molecular complexity index is 791. The van der Waals surface area contributed by atoms with E-state index in [-0.39, 0.29) is 11.9 Å². The minimum Gasteiger partial charge on any atom is -0.370 e. The van der Waals surface area contributed by atoms with Crippen LogP contribution in [0.5, 0.6) is 0 Å². The highest BCUT2D eigenvalue weighted by Gasteiger charge is 2.25. The Morgan fingerprint density at radius 3 is 2.86 bits per heavy atom. The number of hydrogen-bond acceptors (Lipinski definition) is 4. The molecule has 3 rings (SSSR count). The zero-order valence-corrected chi connectivity index (χ0v) is 17.5. The molecule has 1 aliphatic rings. The first-order valence-corrected chi connectivity index (χ1v) is 10.1. The summed E-state index contributed by atoms with van der Waals surface area (Å²) in [5.41, 5.74) is 2.18. The van der Waals surface area contributed by atoms with Gasteiger partial charge in [-0.05, 0) is 31.7 Å². The molecule has 0 radical (unpaired) electrons. The third kappa shape index (κ3) is 6.27. The van der Waals surface area contributed by atoms with Crippen LogP contribution in [0.3, 0.4) is 0 Å². The molecular weight excluding hydrogens is 371 g/mol. The number of benzene rings is 1. The molecule has 7 nitrogen and oxygen atoms in total. The Labute approximate surface area is 172 Å². The van der Waals surface area contributed by atoms with Gasteiger partial charge in [0.05, 0.1) is 25.9 Å². The number of guanidine groups is 1. The van der Waals surface area contributed by atoms with Crippen LogP contribution in [0.25, 0.3) is 0 Å². The molecule has 1 fully saturated rings. The number of ether oxygens (including phenoxy) is 1. The maximum atomic E-state index is 13.0. The lowest BCUT2D eigenvalue weighted by atomic mass is 10.1. The van der Waals surface area contributed by atoms with E-state index in [9.17, 15) is 4.39 Å². The van der Waals surface area contributed by atoms with E-state index in [1.54, 1.807) is 4.68 Å². The Hall–Kier alpha value is -2.45. The van der Waals surface area contributed by atoms with Crippen LogP contribution in [-0.4, -0.2) is 71.9 Å². The normalized spacial score (nSPS) is 17.8. The first kappa shape index (κ1) is 21.3. The van der Waals surface area contributed by atoms with Crippen molar-refractivity contribution in [1.82, 2.24) is 24.9 Å². The Balaban J connectivity index is 1.55. The van der Waals surface area contributed by atoms with E-state index in [1.807, 2.05) is 31.6 Å². The van der Waals surface area contributed by atoms with Crippen molar-refractivity contribution in [3.63, 3.8) is 0 Å². The van der Waals surface area contributed by atoms with E-state index < -0.39 is 0 Å². The summed E-state index contributed by atoms with van der Waals surface area (Å²) in [5, 5.41) is 7.65.